The van der Waals surface area contributed by atoms with E-state index in [1.165, 1.54) is 44.1 Å². The number of rotatable bonds is 5. The van der Waals surface area contributed by atoms with E-state index in [9.17, 15) is 4.79 Å². The quantitative estimate of drug-likeness (QED) is 0.754. The van der Waals surface area contributed by atoms with Gasteiger partial charge in [0.1, 0.15) is 6.61 Å². The third-order valence-electron chi connectivity index (χ3n) is 6.54. The number of nitrogens with one attached hydrogen (secondary N) is 1. The van der Waals surface area contributed by atoms with Crippen molar-refractivity contribution in [3.8, 4) is 0 Å². The van der Waals surface area contributed by atoms with E-state index in [4.69, 9.17) is 4.74 Å². The molecular formula is C24H30N2O2. The van der Waals surface area contributed by atoms with Crippen molar-refractivity contribution in [2.45, 2.75) is 50.0 Å². The van der Waals surface area contributed by atoms with Crippen LogP contribution in [0.1, 0.15) is 50.0 Å². The molecule has 1 heterocycles. The van der Waals surface area contributed by atoms with Crippen molar-refractivity contribution in [2.75, 3.05) is 25.0 Å². The van der Waals surface area contributed by atoms with E-state index in [1.54, 1.807) is 0 Å². The third-order valence-corrected chi connectivity index (χ3v) is 6.54. The molecule has 148 valence electrons. The van der Waals surface area contributed by atoms with Crippen molar-refractivity contribution in [3.63, 3.8) is 0 Å². The average Bonchev–Trinajstić information content (AvgIpc) is 3.12. The second-order valence-electron chi connectivity index (χ2n) is 8.13. The smallest absolute Gasteiger partial charge is 0.411 e. The zero-order chi connectivity index (χ0) is 19.2. The molecule has 2 aliphatic rings. The van der Waals surface area contributed by atoms with Crippen LogP contribution in [-0.2, 0) is 4.74 Å². The standard InChI is InChI=1S/C24H30N2O2/c27-23(25-22-10-5-2-6-11-22)28-19-18-26-17-7-14-24(26)15-12-21(13-16-24)20-8-3-1-4-9-20/h1-6,8-11,21H,7,12-19H2,(H,25,27). The van der Waals surface area contributed by atoms with E-state index in [0.717, 1.165) is 18.8 Å². The number of amides is 1. The Hall–Kier alpha value is -2.33. The van der Waals surface area contributed by atoms with E-state index < -0.39 is 0 Å². The van der Waals surface area contributed by atoms with Crippen LogP contribution >= 0.6 is 0 Å². The van der Waals surface area contributed by atoms with Crippen molar-refractivity contribution in [2.24, 2.45) is 0 Å². The molecule has 1 amide bonds. The number of carbonyl (C=O) groups is 1. The maximum Gasteiger partial charge on any atom is 0.411 e. The van der Waals surface area contributed by atoms with Gasteiger partial charge in [-0.3, -0.25) is 10.2 Å². The molecule has 1 spiro atoms. The topological polar surface area (TPSA) is 41.6 Å². The highest BCUT2D eigenvalue weighted by Crippen LogP contribution is 2.46. The minimum atomic E-state index is -0.368. The number of nitrogens with zero attached hydrogens (tertiary/aromatic N) is 1. The van der Waals surface area contributed by atoms with Crippen LogP contribution in [0, 0.1) is 0 Å². The molecule has 1 aliphatic heterocycles. The summed E-state index contributed by atoms with van der Waals surface area (Å²) < 4.78 is 5.44. The lowest BCUT2D eigenvalue weighted by molar-refractivity contribution is 0.0629. The van der Waals surface area contributed by atoms with Crippen molar-refractivity contribution in [3.05, 3.63) is 66.2 Å². The maximum absolute atomic E-state index is 12.0. The summed E-state index contributed by atoms with van der Waals surface area (Å²) in [5.41, 5.74) is 2.58. The van der Waals surface area contributed by atoms with Gasteiger partial charge in [-0.25, -0.2) is 4.79 Å². The van der Waals surface area contributed by atoms with Gasteiger partial charge in [-0.2, -0.15) is 0 Å². The number of ether oxygens (including phenoxy) is 1. The van der Waals surface area contributed by atoms with E-state index in [1.807, 2.05) is 30.3 Å². The number of hydrogen-bond donors (Lipinski definition) is 1. The zero-order valence-electron chi connectivity index (χ0n) is 16.5. The molecule has 0 unspecified atom stereocenters. The molecule has 4 heteroatoms. The lowest BCUT2D eigenvalue weighted by atomic mass is 9.73. The molecule has 4 nitrogen and oxygen atoms in total. The number of hydrogen-bond acceptors (Lipinski definition) is 3. The van der Waals surface area contributed by atoms with Crippen LogP contribution in [0.25, 0.3) is 0 Å². The second-order valence-corrected chi connectivity index (χ2v) is 8.13. The monoisotopic (exact) mass is 378 g/mol. The highest BCUT2D eigenvalue weighted by Gasteiger charge is 2.43. The van der Waals surface area contributed by atoms with E-state index in [-0.39, 0.29) is 6.09 Å². The SMILES string of the molecule is O=C(Nc1ccccc1)OCCN1CCCC12CCC(c1ccccc1)CC2. The Kier molecular flexibility index (Phi) is 5.96. The van der Waals surface area contributed by atoms with Crippen LogP contribution in [0.4, 0.5) is 10.5 Å². The van der Waals surface area contributed by atoms with Crippen LogP contribution in [0.2, 0.25) is 0 Å². The molecule has 28 heavy (non-hydrogen) atoms. The van der Waals surface area contributed by atoms with Gasteiger partial charge in [-0.05, 0) is 68.7 Å². The summed E-state index contributed by atoms with van der Waals surface area (Å²) in [6.45, 7) is 2.40. The molecule has 0 aromatic heterocycles. The molecule has 2 fully saturated rings. The fourth-order valence-electron chi connectivity index (χ4n) is 5.05. The van der Waals surface area contributed by atoms with E-state index in [0.29, 0.717) is 18.1 Å². The van der Waals surface area contributed by atoms with Crippen LogP contribution < -0.4 is 5.32 Å². The molecule has 0 radical (unpaired) electrons. The molecule has 2 aromatic rings. The summed E-state index contributed by atoms with van der Waals surface area (Å²) in [5, 5.41) is 2.78. The Morgan fingerprint density at radius 3 is 2.39 bits per heavy atom. The number of likely N-dealkylation sites (tertiary alicyclic amines) is 1. The number of benzene rings is 2. The minimum absolute atomic E-state index is 0.324. The summed E-state index contributed by atoms with van der Waals surface area (Å²) in [6.07, 6.45) is 7.20. The summed E-state index contributed by atoms with van der Waals surface area (Å²) in [5.74, 6) is 0.696. The van der Waals surface area contributed by atoms with Crippen LogP contribution in [0.15, 0.2) is 60.7 Å². The largest absolute Gasteiger partial charge is 0.448 e. The van der Waals surface area contributed by atoms with Gasteiger partial charge in [0.25, 0.3) is 0 Å². The van der Waals surface area contributed by atoms with E-state index in [2.05, 4.69) is 40.5 Å². The predicted molar refractivity (Wildman–Crippen MR) is 113 cm³/mol. The highest BCUT2D eigenvalue weighted by atomic mass is 16.5. The Morgan fingerprint density at radius 1 is 1.00 bits per heavy atom. The van der Waals surface area contributed by atoms with E-state index >= 15 is 0 Å². The molecule has 1 aliphatic carbocycles. The van der Waals surface area contributed by atoms with Crippen LogP contribution in [-0.4, -0.2) is 36.2 Å². The number of anilines is 1. The Bertz CT molecular complexity index is 755. The van der Waals surface area contributed by atoms with Crippen molar-refractivity contribution >= 4 is 11.8 Å². The molecular weight excluding hydrogens is 348 g/mol. The lowest BCUT2D eigenvalue weighted by Crippen LogP contribution is -2.47. The molecule has 1 N–H and O–H groups in total. The third kappa shape index (κ3) is 4.39. The first-order valence-corrected chi connectivity index (χ1v) is 10.5. The zero-order valence-corrected chi connectivity index (χ0v) is 16.5. The summed E-state index contributed by atoms with van der Waals surface area (Å²) in [7, 11) is 0. The highest BCUT2D eigenvalue weighted by molar-refractivity contribution is 5.84. The van der Waals surface area contributed by atoms with Gasteiger partial charge in [-0.1, -0.05) is 48.5 Å². The Morgan fingerprint density at radius 2 is 1.68 bits per heavy atom. The second kappa shape index (κ2) is 8.78. The van der Waals surface area contributed by atoms with Crippen molar-refractivity contribution in [1.29, 1.82) is 0 Å². The summed E-state index contributed by atoms with van der Waals surface area (Å²) in [6, 6.07) is 20.4. The molecule has 0 bridgehead atoms. The number of para-hydroxylation sites is 1. The van der Waals surface area contributed by atoms with Crippen LogP contribution in [0.3, 0.4) is 0 Å². The minimum Gasteiger partial charge on any atom is -0.448 e. The van der Waals surface area contributed by atoms with Gasteiger partial charge in [0, 0.05) is 17.8 Å². The number of carbonyl (C=O) groups excluding carboxylic acids is 1. The Labute approximate surface area is 167 Å². The first kappa shape index (κ1) is 19.0. The molecule has 0 atom stereocenters. The first-order chi connectivity index (χ1) is 13.8. The molecule has 2 aromatic carbocycles. The summed E-state index contributed by atoms with van der Waals surface area (Å²) >= 11 is 0. The van der Waals surface area contributed by atoms with Gasteiger partial charge >= 0.3 is 6.09 Å². The van der Waals surface area contributed by atoms with Gasteiger partial charge in [-0.15, -0.1) is 0 Å². The van der Waals surface area contributed by atoms with Gasteiger partial charge < -0.3 is 4.74 Å². The fraction of sp³-hybridized carbons (Fsp3) is 0.458. The fourth-order valence-corrected chi connectivity index (χ4v) is 5.05. The molecule has 1 saturated heterocycles. The first-order valence-electron chi connectivity index (χ1n) is 10.5. The van der Waals surface area contributed by atoms with Gasteiger partial charge in [0.2, 0.25) is 0 Å². The molecule has 4 rings (SSSR count). The average molecular weight is 379 g/mol. The predicted octanol–water partition coefficient (Wildman–Crippen LogP) is 5.43. The summed E-state index contributed by atoms with van der Waals surface area (Å²) in [4.78, 5) is 14.6. The Balaban J connectivity index is 1.25. The lowest BCUT2D eigenvalue weighted by Gasteiger charge is -2.44. The molecule has 1 saturated carbocycles. The van der Waals surface area contributed by atoms with Crippen molar-refractivity contribution < 1.29 is 9.53 Å². The van der Waals surface area contributed by atoms with Gasteiger partial charge in [0.05, 0.1) is 0 Å². The van der Waals surface area contributed by atoms with Gasteiger partial charge in [0.15, 0.2) is 0 Å². The van der Waals surface area contributed by atoms with Crippen LogP contribution in [0.5, 0.6) is 0 Å². The van der Waals surface area contributed by atoms with Crippen molar-refractivity contribution in [1.82, 2.24) is 4.90 Å². The normalized spacial score (nSPS) is 24.9. The maximum atomic E-state index is 12.0.